The largest absolute Gasteiger partial charge is 0.465 e. The number of hydrogen-bond acceptors (Lipinski definition) is 2. The summed E-state index contributed by atoms with van der Waals surface area (Å²) in [6.07, 6.45) is -0.846. The van der Waals surface area contributed by atoms with Crippen molar-refractivity contribution in [3.63, 3.8) is 0 Å². The Kier molecular flexibility index (Phi) is 2.57. The third kappa shape index (κ3) is 1.53. The number of amides is 1. The first kappa shape index (κ1) is 9.32. The van der Waals surface area contributed by atoms with Gasteiger partial charge in [-0.25, -0.2) is 4.79 Å². The van der Waals surface area contributed by atoms with Gasteiger partial charge in [0.15, 0.2) is 0 Å². The van der Waals surface area contributed by atoms with E-state index >= 15 is 0 Å². The highest BCUT2D eigenvalue weighted by Crippen LogP contribution is 2.23. The Hall–Kier alpha value is -0.770. The van der Waals surface area contributed by atoms with Gasteiger partial charge in [0.2, 0.25) is 0 Å². The van der Waals surface area contributed by atoms with Crippen LogP contribution in [0.25, 0.3) is 0 Å². The van der Waals surface area contributed by atoms with Crippen molar-refractivity contribution in [3.8, 4) is 0 Å². The summed E-state index contributed by atoms with van der Waals surface area (Å²) >= 11 is 0. The van der Waals surface area contributed by atoms with Gasteiger partial charge in [0.25, 0.3) is 0 Å². The molecule has 0 saturated carbocycles. The second-order valence-electron chi connectivity index (χ2n) is 3.57. The quantitative estimate of drug-likeness (QED) is 0.615. The normalized spacial score (nSPS) is 29.8. The van der Waals surface area contributed by atoms with Crippen molar-refractivity contribution in [1.82, 2.24) is 4.90 Å². The van der Waals surface area contributed by atoms with Gasteiger partial charge in [-0.15, -0.1) is 0 Å². The van der Waals surface area contributed by atoms with Crippen LogP contribution >= 0.6 is 0 Å². The molecular weight excluding hydrogens is 158 g/mol. The van der Waals surface area contributed by atoms with Crippen LogP contribution in [0.4, 0.5) is 4.79 Å². The summed E-state index contributed by atoms with van der Waals surface area (Å²) in [7, 11) is 0. The zero-order chi connectivity index (χ0) is 9.30. The van der Waals surface area contributed by atoms with Crippen LogP contribution in [-0.4, -0.2) is 39.9 Å². The fraction of sp³-hybridized carbons (Fsp3) is 0.875. The molecule has 4 nitrogen and oxygen atoms in total. The van der Waals surface area contributed by atoms with E-state index in [0.717, 1.165) is 0 Å². The summed E-state index contributed by atoms with van der Waals surface area (Å²) in [5.41, 5.74) is 0. The van der Waals surface area contributed by atoms with Gasteiger partial charge >= 0.3 is 6.09 Å². The van der Waals surface area contributed by atoms with Crippen molar-refractivity contribution in [2.24, 2.45) is 5.92 Å². The highest BCUT2D eigenvalue weighted by atomic mass is 16.4. The number of aliphatic hydroxyl groups is 1. The van der Waals surface area contributed by atoms with E-state index in [1.54, 1.807) is 0 Å². The van der Waals surface area contributed by atoms with Crippen LogP contribution < -0.4 is 0 Å². The Bertz CT molecular complexity index is 181. The monoisotopic (exact) mass is 173 g/mol. The molecule has 0 aliphatic carbocycles. The minimum absolute atomic E-state index is 0.179. The number of carboxylic acid groups (broad SMARTS) is 1. The Labute approximate surface area is 71.8 Å². The van der Waals surface area contributed by atoms with E-state index in [0.29, 0.717) is 13.0 Å². The van der Waals surface area contributed by atoms with Crippen LogP contribution in [0.3, 0.4) is 0 Å². The van der Waals surface area contributed by atoms with E-state index in [2.05, 4.69) is 0 Å². The average molecular weight is 173 g/mol. The van der Waals surface area contributed by atoms with Gasteiger partial charge in [0.05, 0.1) is 12.1 Å². The number of aliphatic hydroxyl groups excluding tert-OH is 1. The summed E-state index contributed by atoms with van der Waals surface area (Å²) in [6, 6.07) is -0.220. The first-order valence-corrected chi connectivity index (χ1v) is 4.21. The minimum Gasteiger partial charge on any atom is -0.465 e. The number of likely N-dealkylation sites (tertiary alicyclic amines) is 1. The average Bonchev–Trinajstić information content (AvgIpc) is 2.30. The van der Waals surface area contributed by atoms with E-state index in [9.17, 15) is 9.90 Å². The van der Waals surface area contributed by atoms with Crippen molar-refractivity contribution < 1.29 is 15.0 Å². The Morgan fingerprint density at radius 2 is 2.17 bits per heavy atom. The van der Waals surface area contributed by atoms with Crippen LogP contribution in [0, 0.1) is 5.92 Å². The molecule has 0 spiro atoms. The second kappa shape index (κ2) is 3.31. The van der Waals surface area contributed by atoms with Crippen LogP contribution in [0.2, 0.25) is 0 Å². The van der Waals surface area contributed by atoms with Gasteiger partial charge in [0.1, 0.15) is 0 Å². The van der Waals surface area contributed by atoms with E-state index in [-0.39, 0.29) is 12.0 Å². The summed E-state index contributed by atoms with van der Waals surface area (Å²) in [6.45, 7) is 4.31. The lowest BCUT2D eigenvalue weighted by atomic mass is 10.00. The zero-order valence-electron chi connectivity index (χ0n) is 7.40. The molecule has 1 aliphatic heterocycles. The number of hydrogen-bond donors (Lipinski definition) is 2. The minimum atomic E-state index is -0.926. The standard InChI is InChI=1S/C8H15NO3/c1-5(2)7-6(10)3-4-9(7)8(11)12/h5-7,10H,3-4H2,1-2H3,(H,11,12)/t6?,7-/m0/s1. The topological polar surface area (TPSA) is 60.8 Å². The van der Waals surface area contributed by atoms with Crippen LogP contribution in [0.5, 0.6) is 0 Å². The van der Waals surface area contributed by atoms with Crippen molar-refractivity contribution in [1.29, 1.82) is 0 Å². The smallest absolute Gasteiger partial charge is 0.407 e. The molecule has 1 aliphatic rings. The summed E-state index contributed by atoms with van der Waals surface area (Å²) < 4.78 is 0. The lowest BCUT2D eigenvalue weighted by Gasteiger charge is -2.26. The van der Waals surface area contributed by atoms with Crippen molar-refractivity contribution >= 4 is 6.09 Å². The fourth-order valence-corrected chi connectivity index (χ4v) is 1.83. The molecule has 1 amide bonds. The van der Waals surface area contributed by atoms with Gasteiger partial charge in [-0.2, -0.15) is 0 Å². The maximum atomic E-state index is 10.7. The van der Waals surface area contributed by atoms with Gasteiger partial charge < -0.3 is 15.1 Å². The van der Waals surface area contributed by atoms with E-state index in [1.807, 2.05) is 13.8 Å². The molecule has 1 rings (SSSR count). The number of carbonyl (C=O) groups is 1. The van der Waals surface area contributed by atoms with Crippen LogP contribution in [0.1, 0.15) is 20.3 Å². The zero-order valence-corrected chi connectivity index (χ0v) is 7.40. The summed E-state index contributed by atoms with van der Waals surface area (Å²) in [5.74, 6) is 0.179. The first-order valence-electron chi connectivity index (χ1n) is 4.21. The SMILES string of the molecule is CC(C)[C@H]1C(O)CCN1C(=O)O. The summed E-state index contributed by atoms with van der Waals surface area (Å²) in [5, 5.41) is 18.2. The van der Waals surface area contributed by atoms with Crippen LogP contribution in [-0.2, 0) is 0 Å². The number of nitrogens with zero attached hydrogens (tertiary/aromatic N) is 1. The molecule has 0 aromatic rings. The third-order valence-corrected chi connectivity index (χ3v) is 2.35. The Morgan fingerprint density at radius 3 is 2.50 bits per heavy atom. The molecule has 0 aromatic carbocycles. The lowest BCUT2D eigenvalue weighted by Crippen LogP contribution is -2.42. The first-order chi connectivity index (χ1) is 5.54. The third-order valence-electron chi connectivity index (χ3n) is 2.35. The molecule has 1 unspecified atom stereocenters. The highest BCUT2D eigenvalue weighted by molar-refractivity contribution is 5.66. The molecule has 1 fully saturated rings. The molecule has 0 radical (unpaired) electrons. The molecule has 1 heterocycles. The highest BCUT2D eigenvalue weighted by Gasteiger charge is 2.37. The van der Waals surface area contributed by atoms with Crippen molar-refractivity contribution in [2.75, 3.05) is 6.54 Å². The van der Waals surface area contributed by atoms with Gasteiger partial charge in [-0.3, -0.25) is 0 Å². The molecule has 2 atom stereocenters. The van der Waals surface area contributed by atoms with Crippen molar-refractivity contribution in [3.05, 3.63) is 0 Å². The van der Waals surface area contributed by atoms with Crippen LogP contribution in [0.15, 0.2) is 0 Å². The van der Waals surface area contributed by atoms with E-state index in [4.69, 9.17) is 5.11 Å². The molecule has 1 saturated heterocycles. The number of rotatable bonds is 1. The fourth-order valence-electron chi connectivity index (χ4n) is 1.83. The maximum absolute atomic E-state index is 10.7. The van der Waals surface area contributed by atoms with Gasteiger partial charge in [-0.1, -0.05) is 13.8 Å². The van der Waals surface area contributed by atoms with Crippen molar-refractivity contribution in [2.45, 2.75) is 32.4 Å². The molecule has 2 N–H and O–H groups in total. The molecule has 0 bridgehead atoms. The summed E-state index contributed by atoms with van der Waals surface area (Å²) in [4.78, 5) is 12.0. The molecule has 4 heteroatoms. The molecule has 70 valence electrons. The van der Waals surface area contributed by atoms with E-state index < -0.39 is 12.2 Å². The van der Waals surface area contributed by atoms with Gasteiger partial charge in [-0.05, 0) is 12.3 Å². The molecular formula is C8H15NO3. The Balaban J connectivity index is 2.70. The lowest BCUT2D eigenvalue weighted by molar-refractivity contribution is 0.0790. The molecule has 0 aromatic heterocycles. The predicted octanol–water partition coefficient (Wildman–Crippen LogP) is 0.756. The van der Waals surface area contributed by atoms with E-state index in [1.165, 1.54) is 4.90 Å². The predicted molar refractivity (Wildman–Crippen MR) is 44.0 cm³/mol. The molecule has 12 heavy (non-hydrogen) atoms. The van der Waals surface area contributed by atoms with Gasteiger partial charge in [0, 0.05) is 6.54 Å². The Morgan fingerprint density at radius 1 is 1.58 bits per heavy atom. The second-order valence-corrected chi connectivity index (χ2v) is 3.57. The maximum Gasteiger partial charge on any atom is 0.407 e.